The molecule has 3 heteroatoms. The van der Waals surface area contributed by atoms with Gasteiger partial charge in [0.05, 0.1) is 17.8 Å². The number of hydrogen-bond acceptors (Lipinski definition) is 2. The van der Waals surface area contributed by atoms with Crippen LogP contribution in [0.4, 0.5) is 11.4 Å². The summed E-state index contributed by atoms with van der Waals surface area (Å²) in [7, 11) is 0. The molecule has 0 aromatic heterocycles. The molecule has 0 N–H and O–H groups in total. The standard InChI is InChI=1S/C23H31N2.HI/c1-5-24(6-2)22-16-12-20(13-17-22)10-9-11-21-14-18-23(19-15-21)25(7-3)8-4;/h9,12-19H,5-8,10H2,1-4H3;1H/q+1;/p-1. The fourth-order valence-corrected chi connectivity index (χ4v) is 3.08. The molecular weight excluding hydrogens is 431 g/mol. The molecule has 0 saturated heterocycles. The Morgan fingerprint density at radius 2 is 1.12 bits per heavy atom. The molecule has 0 aliphatic heterocycles. The van der Waals surface area contributed by atoms with Crippen molar-refractivity contribution in [3.8, 4) is 0 Å². The highest BCUT2D eigenvalue weighted by Crippen LogP contribution is 2.17. The first-order valence-electron chi connectivity index (χ1n) is 9.48. The van der Waals surface area contributed by atoms with Gasteiger partial charge in [-0.2, -0.15) is 0 Å². The fourth-order valence-electron chi connectivity index (χ4n) is 3.08. The van der Waals surface area contributed by atoms with Gasteiger partial charge < -0.3 is 33.8 Å². The first-order valence-corrected chi connectivity index (χ1v) is 9.48. The Bertz CT molecular complexity index is 639. The van der Waals surface area contributed by atoms with Crippen molar-refractivity contribution in [2.75, 3.05) is 36.0 Å². The fraction of sp³-hybridized carbons (Fsp3) is 0.391. The van der Waals surface area contributed by atoms with Gasteiger partial charge in [-0.25, -0.2) is 0 Å². The molecule has 0 aliphatic rings. The average Bonchev–Trinajstić information content (AvgIpc) is 2.66. The van der Waals surface area contributed by atoms with Gasteiger partial charge in [-0.3, -0.25) is 0 Å². The van der Waals surface area contributed by atoms with Gasteiger partial charge in [-0.05, 0) is 45.4 Å². The Hall–Kier alpha value is -1.58. The van der Waals surface area contributed by atoms with Crippen LogP contribution in [0, 0.1) is 6.08 Å². The minimum absolute atomic E-state index is 0. The van der Waals surface area contributed by atoms with Crippen LogP contribution >= 0.6 is 0 Å². The summed E-state index contributed by atoms with van der Waals surface area (Å²) in [4.78, 5) is 4.72. The highest BCUT2D eigenvalue weighted by atomic mass is 127. The molecule has 26 heavy (non-hydrogen) atoms. The van der Waals surface area contributed by atoms with Crippen LogP contribution in [0.5, 0.6) is 0 Å². The number of benzene rings is 2. The minimum Gasteiger partial charge on any atom is -1.00 e. The van der Waals surface area contributed by atoms with Crippen LogP contribution in [0.1, 0.15) is 38.8 Å². The van der Waals surface area contributed by atoms with Crippen LogP contribution in [-0.4, -0.2) is 26.2 Å². The molecule has 0 radical (unpaired) electrons. The topological polar surface area (TPSA) is 6.48 Å². The zero-order valence-corrected chi connectivity index (χ0v) is 18.7. The Morgan fingerprint density at radius 3 is 1.54 bits per heavy atom. The predicted molar refractivity (Wildman–Crippen MR) is 111 cm³/mol. The van der Waals surface area contributed by atoms with E-state index in [1.165, 1.54) is 16.9 Å². The summed E-state index contributed by atoms with van der Waals surface area (Å²) in [5.41, 5.74) is 5.04. The average molecular weight is 462 g/mol. The van der Waals surface area contributed by atoms with Crippen molar-refractivity contribution in [1.29, 1.82) is 0 Å². The second kappa shape index (κ2) is 11.9. The Kier molecular flexibility index (Phi) is 10.3. The normalized spacial score (nSPS) is 10.3. The van der Waals surface area contributed by atoms with Gasteiger partial charge in [0.1, 0.15) is 0 Å². The monoisotopic (exact) mass is 462 g/mol. The van der Waals surface area contributed by atoms with Gasteiger partial charge in [0, 0.05) is 62.6 Å². The summed E-state index contributed by atoms with van der Waals surface area (Å²) in [5, 5.41) is 0. The van der Waals surface area contributed by atoms with Crippen molar-refractivity contribution < 1.29 is 24.0 Å². The van der Waals surface area contributed by atoms with E-state index in [1.54, 1.807) is 0 Å². The lowest BCUT2D eigenvalue weighted by Crippen LogP contribution is -3.00. The van der Waals surface area contributed by atoms with Gasteiger partial charge in [0.15, 0.2) is 5.56 Å². The molecular formula is C23H31IN2. The SMILES string of the molecule is CCN(CC)c1ccc([C+]=CCc2ccc(N(CC)CC)cc2)cc1.[I-]. The van der Waals surface area contributed by atoms with Gasteiger partial charge in [-0.1, -0.05) is 12.1 Å². The maximum absolute atomic E-state index is 3.40. The van der Waals surface area contributed by atoms with Crippen molar-refractivity contribution in [2.24, 2.45) is 0 Å². The zero-order chi connectivity index (χ0) is 18.1. The number of halogens is 1. The summed E-state index contributed by atoms with van der Waals surface area (Å²) < 4.78 is 0. The van der Waals surface area contributed by atoms with Crippen LogP contribution in [-0.2, 0) is 6.42 Å². The van der Waals surface area contributed by atoms with E-state index < -0.39 is 0 Å². The first kappa shape index (κ1) is 22.5. The first-order chi connectivity index (χ1) is 12.2. The lowest BCUT2D eigenvalue weighted by atomic mass is 10.1. The van der Waals surface area contributed by atoms with Gasteiger partial charge in [-0.15, -0.1) is 0 Å². The maximum Gasteiger partial charge on any atom is 0.188 e. The molecule has 140 valence electrons. The third-order valence-corrected chi connectivity index (χ3v) is 4.67. The second-order valence-electron chi connectivity index (χ2n) is 6.11. The predicted octanol–water partition coefficient (Wildman–Crippen LogP) is 2.33. The van der Waals surface area contributed by atoms with Crippen LogP contribution in [0.3, 0.4) is 0 Å². The summed E-state index contributed by atoms with van der Waals surface area (Å²) in [6.07, 6.45) is 6.44. The molecule has 0 saturated carbocycles. The number of rotatable bonds is 9. The van der Waals surface area contributed by atoms with Gasteiger partial charge in [0.2, 0.25) is 0 Å². The third-order valence-electron chi connectivity index (χ3n) is 4.67. The van der Waals surface area contributed by atoms with E-state index in [0.717, 1.165) is 38.2 Å². The maximum atomic E-state index is 3.40. The number of anilines is 2. The third kappa shape index (κ3) is 6.30. The second-order valence-corrected chi connectivity index (χ2v) is 6.11. The number of hydrogen-bond donors (Lipinski definition) is 0. The van der Waals surface area contributed by atoms with Crippen LogP contribution < -0.4 is 33.8 Å². The molecule has 0 spiro atoms. The Labute approximate surface area is 176 Å². The highest BCUT2D eigenvalue weighted by molar-refractivity contribution is 5.49. The molecule has 0 amide bonds. The molecule has 0 atom stereocenters. The Morgan fingerprint density at radius 1 is 0.692 bits per heavy atom. The summed E-state index contributed by atoms with van der Waals surface area (Å²) in [5.74, 6) is 0. The van der Waals surface area contributed by atoms with E-state index in [4.69, 9.17) is 0 Å². The van der Waals surface area contributed by atoms with Crippen molar-refractivity contribution in [3.05, 3.63) is 71.8 Å². The van der Waals surface area contributed by atoms with E-state index >= 15 is 0 Å². The zero-order valence-electron chi connectivity index (χ0n) is 16.5. The van der Waals surface area contributed by atoms with Crippen molar-refractivity contribution in [2.45, 2.75) is 34.1 Å². The van der Waals surface area contributed by atoms with E-state index in [-0.39, 0.29) is 24.0 Å². The smallest absolute Gasteiger partial charge is 0.188 e. The molecule has 0 fully saturated rings. The molecule has 2 nitrogen and oxygen atoms in total. The van der Waals surface area contributed by atoms with Crippen molar-refractivity contribution >= 4 is 11.4 Å². The van der Waals surface area contributed by atoms with Crippen molar-refractivity contribution in [1.82, 2.24) is 0 Å². The molecule has 0 heterocycles. The summed E-state index contributed by atoms with van der Waals surface area (Å²) in [6.45, 7) is 12.9. The van der Waals surface area contributed by atoms with Gasteiger partial charge in [0.25, 0.3) is 0 Å². The van der Waals surface area contributed by atoms with E-state index in [0.29, 0.717) is 0 Å². The van der Waals surface area contributed by atoms with E-state index in [9.17, 15) is 0 Å². The molecule has 2 aromatic carbocycles. The molecule has 0 unspecified atom stereocenters. The molecule has 0 aliphatic carbocycles. The molecule has 2 rings (SSSR count). The van der Waals surface area contributed by atoms with E-state index in [2.05, 4.69) is 98.2 Å². The molecule has 0 bridgehead atoms. The quantitative estimate of drug-likeness (QED) is 0.417. The van der Waals surface area contributed by atoms with E-state index in [1.807, 2.05) is 0 Å². The number of allylic oxidation sites excluding steroid dienone is 1. The minimum atomic E-state index is 0. The lowest BCUT2D eigenvalue weighted by molar-refractivity contribution is -0.00000525. The number of nitrogens with zero attached hydrogens (tertiary/aromatic N) is 2. The lowest BCUT2D eigenvalue weighted by Gasteiger charge is -2.20. The van der Waals surface area contributed by atoms with Crippen LogP contribution in [0.15, 0.2) is 54.6 Å². The summed E-state index contributed by atoms with van der Waals surface area (Å²) >= 11 is 0. The van der Waals surface area contributed by atoms with Crippen LogP contribution in [0.25, 0.3) is 0 Å². The van der Waals surface area contributed by atoms with Crippen molar-refractivity contribution in [3.63, 3.8) is 0 Å². The largest absolute Gasteiger partial charge is 1.00 e. The molecule has 2 aromatic rings. The van der Waals surface area contributed by atoms with Gasteiger partial charge >= 0.3 is 0 Å². The highest BCUT2D eigenvalue weighted by Gasteiger charge is 2.05. The Balaban J connectivity index is 0.00000338. The van der Waals surface area contributed by atoms with Crippen LogP contribution in [0.2, 0.25) is 0 Å². The summed E-state index contributed by atoms with van der Waals surface area (Å²) in [6, 6.07) is 17.5.